The molecule has 0 atom stereocenters. The van der Waals surface area contributed by atoms with E-state index in [4.69, 9.17) is 0 Å². The van der Waals surface area contributed by atoms with Gasteiger partial charge in [0.25, 0.3) is 0 Å². The van der Waals surface area contributed by atoms with Crippen molar-refractivity contribution in [2.24, 2.45) is 5.73 Å². The van der Waals surface area contributed by atoms with Gasteiger partial charge < -0.3 is 26.1 Å². The SMILES string of the molecule is CN.O=CCCCCCCNCc1ccc(-c2cc3c(NCc4ccccc4)ncnc3[nH]2)cc1. The van der Waals surface area contributed by atoms with Crippen LogP contribution >= 0.6 is 0 Å². The zero-order chi connectivity index (χ0) is 24.7. The Hall–Kier alpha value is -3.55. The molecule has 0 aliphatic rings. The number of carbonyl (C=O) groups excluding carboxylic acids is 1. The third-order valence-electron chi connectivity index (χ3n) is 5.75. The Balaban J connectivity index is 0.00000167. The lowest BCUT2D eigenvalue weighted by Crippen LogP contribution is -2.14. The van der Waals surface area contributed by atoms with E-state index in [-0.39, 0.29) is 0 Å². The zero-order valence-corrected chi connectivity index (χ0v) is 20.5. The maximum Gasteiger partial charge on any atom is 0.143 e. The van der Waals surface area contributed by atoms with Crippen LogP contribution in [0.25, 0.3) is 22.3 Å². The van der Waals surface area contributed by atoms with Crippen LogP contribution in [-0.4, -0.2) is 34.8 Å². The Bertz CT molecular complexity index is 1140. The number of rotatable bonds is 13. The molecule has 0 aliphatic carbocycles. The van der Waals surface area contributed by atoms with Crippen molar-refractivity contribution >= 4 is 23.1 Å². The Labute approximate surface area is 207 Å². The first-order chi connectivity index (χ1) is 17.3. The Morgan fingerprint density at radius 2 is 1.63 bits per heavy atom. The number of anilines is 1. The van der Waals surface area contributed by atoms with Crippen LogP contribution in [0.3, 0.4) is 0 Å². The van der Waals surface area contributed by atoms with E-state index >= 15 is 0 Å². The molecule has 0 saturated carbocycles. The quantitative estimate of drug-likeness (QED) is 0.160. The van der Waals surface area contributed by atoms with Crippen LogP contribution in [0.15, 0.2) is 67.0 Å². The van der Waals surface area contributed by atoms with Crippen LogP contribution in [0.2, 0.25) is 0 Å². The third-order valence-corrected chi connectivity index (χ3v) is 5.75. The van der Waals surface area contributed by atoms with E-state index in [9.17, 15) is 4.79 Å². The third kappa shape index (κ3) is 8.02. The standard InChI is InChI=1S/C27H31N5O.CH5N/c33-16-8-3-1-2-7-15-28-18-22-11-13-23(14-12-22)25-17-24-26(30-20-31-27(24)32-25)29-19-21-9-5-4-6-10-21;1-2/h4-6,9-14,16-17,20,28H,1-3,7-8,15,18-19H2,(H2,29,30,31,32);2H2,1H3. The molecule has 4 aromatic rings. The van der Waals surface area contributed by atoms with Crippen LogP contribution in [0.4, 0.5) is 5.82 Å². The molecule has 0 amide bonds. The summed E-state index contributed by atoms with van der Waals surface area (Å²) in [5, 5.41) is 7.92. The van der Waals surface area contributed by atoms with Gasteiger partial charge in [-0.2, -0.15) is 0 Å². The fourth-order valence-corrected chi connectivity index (χ4v) is 3.88. The lowest BCUT2D eigenvalue weighted by Gasteiger charge is -2.06. The molecule has 7 nitrogen and oxygen atoms in total. The van der Waals surface area contributed by atoms with Gasteiger partial charge in [-0.1, -0.05) is 67.4 Å². The molecular formula is C28H36N6O. The van der Waals surface area contributed by atoms with Gasteiger partial charge in [-0.25, -0.2) is 9.97 Å². The molecule has 0 fully saturated rings. The minimum atomic E-state index is 0.689. The highest BCUT2D eigenvalue weighted by molar-refractivity contribution is 5.91. The number of carbonyl (C=O) groups is 1. The number of unbranched alkanes of at least 4 members (excludes halogenated alkanes) is 4. The number of benzene rings is 2. The molecule has 2 heterocycles. The molecule has 184 valence electrons. The van der Waals surface area contributed by atoms with Gasteiger partial charge in [0.2, 0.25) is 0 Å². The Kier molecular flexibility index (Phi) is 10.9. The molecule has 0 radical (unpaired) electrons. The number of aldehydes is 1. The fourth-order valence-electron chi connectivity index (χ4n) is 3.88. The summed E-state index contributed by atoms with van der Waals surface area (Å²) in [5.74, 6) is 0.832. The lowest BCUT2D eigenvalue weighted by molar-refractivity contribution is -0.107. The molecule has 0 aliphatic heterocycles. The van der Waals surface area contributed by atoms with Crippen molar-refractivity contribution in [3.63, 3.8) is 0 Å². The summed E-state index contributed by atoms with van der Waals surface area (Å²) < 4.78 is 0. The molecule has 2 aromatic heterocycles. The predicted molar refractivity (Wildman–Crippen MR) is 144 cm³/mol. The number of H-pyrrole nitrogens is 1. The number of fused-ring (bicyclic) bond motifs is 1. The highest BCUT2D eigenvalue weighted by Gasteiger charge is 2.09. The van der Waals surface area contributed by atoms with Crippen molar-refractivity contribution in [2.45, 2.75) is 45.2 Å². The van der Waals surface area contributed by atoms with Gasteiger partial charge >= 0.3 is 0 Å². The summed E-state index contributed by atoms with van der Waals surface area (Å²) in [7, 11) is 1.50. The molecule has 7 heteroatoms. The number of aromatic nitrogens is 3. The van der Waals surface area contributed by atoms with Gasteiger partial charge in [-0.15, -0.1) is 0 Å². The molecule has 5 N–H and O–H groups in total. The number of aromatic amines is 1. The molecule has 0 bridgehead atoms. The van der Waals surface area contributed by atoms with Crippen molar-refractivity contribution in [3.8, 4) is 11.3 Å². The lowest BCUT2D eigenvalue weighted by atomic mass is 10.1. The highest BCUT2D eigenvalue weighted by atomic mass is 16.1. The second-order valence-corrected chi connectivity index (χ2v) is 8.25. The average Bonchev–Trinajstić information content (AvgIpc) is 3.36. The second-order valence-electron chi connectivity index (χ2n) is 8.25. The number of nitrogens with two attached hydrogens (primary N) is 1. The van der Waals surface area contributed by atoms with Crippen molar-refractivity contribution in [1.29, 1.82) is 0 Å². The number of nitrogens with zero attached hydrogens (tertiary/aromatic N) is 2. The summed E-state index contributed by atoms with van der Waals surface area (Å²) in [5.41, 5.74) is 9.96. The molecular weight excluding hydrogens is 436 g/mol. The van der Waals surface area contributed by atoms with Crippen LogP contribution in [0.5, 0.6) is 0 Å². The zero-order valence-electron chi connectivity index (χ0n) is 20.5. The molecule has 0 saturated heterocycles. The first-order valence-corrected chi connectivity index (χ1v) is 12.3. The molecule has 0 spiro atoms. The minimum Gasteiger partial charge on any atom is -0.365 e. The highest BCUT2D eigenvalue weighted by Crippen LogP contribution is 2.27. The summed E-state index contributed by atoms with van der Waals surface area (Å²) in [6.45, 7) is 2.58. The second kappa shape index (κ2) is 14.7. The average molecular weight is 473 g/mol. The van der Waals surface area contributed by atoms with Crippen LogP contribution in [0, 0.1) is 0 Å². The van der Waals surface area contributed by atoms with E-state index < -0.39 is 0 Å². The maximum absolute atomic E-state index is 10.3. The summed E-state index contributed by atoms with van der Waals surface area (Å²) >= 11 is 0. The summed E-state index contributed by atoms with van der Waals surface area (Å²) in [6.07, 6.45) is 7.75. The van der Waals surface area contributed by atoms with Crippen molar-refractivity contribution in [2.75, 3.05) is 18.9 Å². The van der Waals surface area contributed by atoms with Crippen LogP contribution < -0.4 is 16.4 Å². The van der Waals surface area contributed by atoms with E-state index in [0.29, 0.717) is 13.0 Å². The molecule has 4 rings (SSSR count). The minimum absolute atomic E-state index is 0.689. The normalized spacial score (nSPS) is 10.6. The number of hydrogen-bond acceptors (Lipinski definition) is 6. The van der Waals surface area contributed by atoms with E-state index in [0.717, 1.165) is 66.7 Å². The first-order valence-electron chi connectivity index (χ1n) is 12.3. The van der Waals surface area contributed by atoms with Crippen LogP contribution in [0.1, 0.15) is 43.2 Å². The topological polar surface area (TPSA) is 109 Å². The first kappa shape index (κ1) is 26.1. The summed E-state index contributed by atoms with van der Waals surface area (Å²) in [4.78, 5) is 22.6. The maximum atomic E-state index is 10.3. The molecule has 35 heavy (non-hydrogen) atoms. The summed E-state index contributed by atoms with van der Waals surface area (Å²) in [6, 6.07) is 21.0. The largest absolute Gasteiger partial charge is 0.365 e. The number of nitrogens with one attached hydrogen (secondary N) is 3. The van der Waals surface area contributed by atoms with E-state index in [1.54, 1.807) is 6.33 Å². The van der Waals surface area contributed by atoms with Gasteiger partial charge in [0.1, 0.15) is 24.1 Å². The number of hydrogen-bond donors (Lipinski definition) is 4. The monoisotopic (exact) mass is 472 g/mol. The molecule has 2 aromatic carbocycles. The van der Waals surface area contributed by atoms with E-state index in [1.165, 1.54) is 24.6 Å². The predicted octanol–water partition coefficient (Wildman–Crippen LogP) is 5.05. The van der Waals surface area contributed by atoms with E-state index in [1.807, 2.05) is 18.2 Å². The van der Waals surface area contributed by atoms with Gasteiger partial charge in [0.15, 0.2) is 0 Å². The fraction of sp³-hybridized carbons (Fsp3) is 0.321. The van der Waals surface area contributed by atoms with E-state index in [2.05, 4.69) is 73.8 Å². The van der Waals surface area contributed by atoms with Gasteiger partial charge in [-0.3, -0.25) is 0 Å². The van der Waals surface area contributed by atoms with Gasteiger partial charge in [0.05, 0.1) is 5.39 Å². The molecule has 0 unspecified atom stereocenters. The smallest absolute Gasteiger partial charge is 0.143 e. The van der Waals surface area contributed by atoms with Gasteiger partial charge in [-0.05, 0) is 49.2 Å². The Morgan fingerprint density at radius 1 is 0.886 bits per heavy atom. The van der Waals surface area contributed by atoms with Crippen molar-refractivity contribution in [3.05, 3.63) is 78.1 Å². The van der Waals surface area contributed by atoms with Crippen molar-refractivity contribution < 1.29 is 4.79 Å². The van der Waals surface area contributed by atoms with Crippen molar-refractivity contribution in [1.82, 2.24) is 20.3 Å². The Morgan fingerprint density at radius 3 is 2.40 bits per heavy atom. The van der Waals surface area contributed by atoms with Crippen LogP contribution in [-0.2, 0) is 17.9 Å². The van der Waals surface area contributed by atoms with Gasteiger partial charge in [0, 0.05) is 25.2 Å².